The number of rotatable bonds is 9. The molecule has 1 aromatic rings. The van der Waals surface area contributed by atoms with Gasteiger partial charge < -0.3 is 15.3 Å². The minimum Gasteiger partial charge on any atom is -0.481 e. The third-order valence-corrected chi connectivity index (χ3v) is 3.20. The highest BCUT2D eigenvalue weighted by molar-refractivity contribution is 5.95. The van der Waals surface area contributed by atoms with Crippen molar-refractivity contribution in [2.24, 2.45) is 0 Å². The van der Waals surface area contributed by atoms with E-state index in [1.165, 1.54) is 6.07 Å². The zero-order valence-electron chi connectivity index (χ0n) is 13.5. The van der Waals surface area contributed by atoms with Crippen LogP contribution >= 0.6 is 0 Å². The summed E-state index contributed by atoms with van der Waals surface area (Å²) in [4.78, 5) is 24.1. The first-order valence-electron chi connectivity index (χ1n) is 7.38. The SMILES string of the molecule is C=CCN(CC=C)c1ccc(C(F)(F)F)cc1NC(=O)CCC(=O)O. The van der Waals surface area contributed by atoms with Crippen LogP contribution in [0.5, 0.6) is 0 Å². The molecule has 136 valence electrons. The van der Waals surface area contributed by atoms with E-state index >= 15 is 0 Å². The van der Waals surface area contributed by atoms with E-state index in [4.69, 9.17) is 5.11 Å². The normalized spacial score (nSPS) is 10.8. The van der Waals surface area contributed by atoms with Crippen LogP contribution in [-0.2, 0) is 15.8 Å². The van der Waals surface area contributed by atoms with Crippen LogP contribution in [0.4, 0.5) is 24.5 Å². The summed E-state index contributed by atoms with van der Waals surface area (Å²) in [5.74, 6) is -1.85. The molecule has 0 aromatic heterocycles. The zero-order valence-corrected chi connectivity index (χ0v) is 13.5. The van der Waals surface area contributed by atoms with Gasteiger partial charge in [0, 0.05) is 19.5 Å². The molecule has 0 atom stereocenters. The number of carbonyl (C=O) groups is 2. The highest BCUT2D eigenvalue weighted by Crippen LogP contribution is 2.35. The largest absolute Gasteiger partial charge is 0.481 e. The van der Waals surface area contributed by atoms with Crippen molar-refractivity contribution < 1.29 is 27.9 Å². The highest BCUT2D eigenvalue weighted by Gasteiger charge is 2.31. The Morgan fingerprint density at radius 1 is 1.16 bits per heavy atom. The summed E-state index contributed by atoms with van der Waals surface area (Å²) in [5, 5.41) is 11.0. The molecule has 5 nitrogen and oxygen atoms in total. The van der Waals surface area contributed by atoms with Crippen molar-refractivity contribution in [3.8, 4) is 0 Å². The maximum atomic E-state index is 13.0. The molecule has 1 aromatic carbocycles. The Bertz CT molecular complexity index is 647. The van der Waals surface area contributed by atoms with Crippen molar-refractivity contribution in [2.45, 2.75) is 19.0 Å². The van der Waals surface area contributed by atoms with E-state index in [2.05, 4.69) is 18.5 Å². The molecule has 25 heavy (non-hydrogen) atoms. The van der Waals surface area contributed by atoms with Crippen LogP contribution in [0.3, 0.4) is 0 Å². The fraction of sp³-hybridized carbons (Fsp3) is 0.294. The molecule has 0 aliphatic carbocycles. The smallest absolute Gasteiger partial charge is 0.416 e. The van der Waals surface area contributed by atoms with Gasteiger partial charge in [-0.15, -0.1) is 13.2 Å². The maximum Gasteiger partial charge on any atom is 0.416 e. The maximum absolute atomic E-state index is 13.0. The Hall–Kier alpha value is -2.77. The van der Waals surface area contributed by atoms with Gasteiger partial charge in [-0.25, -0.2) is 0 Å². The van der Waals surface area contributed by atoms with Gasteiger partial charge in [-0.3, -0.25) is 9.59 Å². The third-order valence-electron chi connectivity index (χ3n) is 3.20. The second-order valence-electron chi connectivity index (χ2n) is 5.15. The van der Waals surface area contributed by atoms with Gasteiger partial charge in [0.05, 0.1) is 23.4 Å². The molecular formula is C17H19F3N2O3. The van der Waals surface area contributed by atoms with Crippen molar-refractivity contribution in [1.82, 2.24) is 0 Å². The van der Waals surface area contributed by atoms with Gasteiger partial charge in [-0.05, 0) is 18.2 Å². The van der Waals surface area contributed by atoms with Gasteiger partial charge in [0.15, 0.2) is 0 Å². The fourth-order valence-corrected chi connectivity index (χ4v) is 2.10. The minimum absolute atomic E-state index is 0.0473. The van der Waals surface area contributed by atoms with Crippen LogP contribution in [0.1, 0.15) is 18.4 Å². The van der Waals surface area contributed by atoms with E-state index in [9.17, 15) is 22.8 Å². The summed E-state index contributed by atoms with van der Waals surface area (Å²) < 4.78 is 38.9. The second-order valence-corrected chi connectivity index (χ2v) is 5.15. The minimum atomic E-state index is -4.57. The lowest BCUT2D eigenvalue weighted by molar-refractivity contribution is -0.138. The average molecular weight is 356 g/mol. The first-order valence-corrected chi connectivity index (χ1v) is 7.38. The number of nitrogens with one attached hydrogen (secondary N) is 1. The number of anilines is 2. The molecule has 0 aliphatic rings. The van der Waals surface area contributed by atoms with Crippen LogP contribution in [0.25, 0.3) is 0 Å². The molecular weight excluding hydrogens is 337 g/mol. The van der Waals surface area contributed by atoms with Crippen molar-refractivity contribution in [2.75, 3.05) is 23.3 Å². The molecule has 0 saturated carbocycles. The number of aliphatic carboxylic acids is 1. The van der Waals surface area contributed by atoms with E-state index in [0.29, 0.717) is 18.8 Å². The van der Waals surface area contributed by atoms with E-state index in [1.54, 1.807) is 17.1 Å². The summed E-state index contributed by atoms with van der Waals surface area (Å²) >= 11 is 0. The van der Waals surface area contributed by atoms with Crippen LogP contribution in [-0.4, -0.2) is 30.1 Å². The van der Waals surface area contributed by atoms with Crippen molar-refractivity contribution in [3.63, 3.8) is 0 Å². The van der Waals surface area contributed by atoms with Crippen LogP contribution in [0, 0.1) is 0 Å². The van der Waals surface area contributed by atoms with Gasteiger partial charge in [-0.2, -0.15) is 13.2 Å². The molecule has 8 heteroatoms. The van der Waals surface area contributed by atoms with Crippen molar-refractivity contribution in [1.29, 1.82) is 0 Å². The lowest BCUT2D eigenvalue weighted by Crippen LogP contribution is -2.25. The number of hydrogen-bond donors (Lipinski definition) is 2. The molecule has 0 aliphatic heterocycles. The zero-order chi connectivity index (χ0) is 19.0. The first kappa shape index (κ1) is 20.3. The van der Waals surface area contributed by atoms with E-state index in [-0.39, 0.29) is 12.1 Å². The van der Waals surface area contributed by atoms with Crippen LogP contribution < -0.4 is 10.2 Å². The first-order chi connectivity index (χ1) is 11.7. The third kappa shape index (κ3) is 6.33. The van der Waals surface area contributed by atoms with Gasteiger partial charge >= 0.3 is 12.1 Å². The number of carboxylic acids is 1. The average Bonchev–Trinajstić information content (AvgIpc) is 2.52. The van der Waals surface area contributed by atoms with Crippen LogP contribution in [0.15, 0.2) is 43.5 Å². The Morgan fingerprint density at radius 2 is 1.76 bits per heavy atom. The van der Waals surface area contributed by atoms with Gasteiger partial charge in [0.1, 0.15) is 0 Å². The monoisotopic (exact) mass is 356 g/mol. The molecule has 1 rings (SSSR count). The molecule has 0 fully saturated rings. The lowest BCUT2D eigenvalue weighted by Gasteiger charge is -2.25. The fourth-order valence-electron chi connectivity index (χ4n) is 2.10. The summed E-state index contributed by atoms with van der Waals surface area (Å²) in [6.45, 7) is 7.85. The van der Waals surface area contributed by atoms with E-state index < -0.39 is 30.0 Å². The van der Waals surface area contributed by atoms with Crippen molar-refractivity contribution in [3.05, 3.63) is 49.1 Å². The van der Waals surface area contributed by atoms with E-state index in [1.807, 2.05) is 0 Å². The number of hydrogen-bond acceptors (Lipinski definition) is 3. The Morgan fingerprint density at radius 3 is 2.24 bits per heavy atom. The summed E-state index contributed by atoms with van der Waals surface area (Å²) in [6, 6.07) is 3.00. The summed E-state index contributed by atoms with van der Waals surface area (Å²) in [6.07, 6.45) is -2.19. The highest BCUT2D eigenvalue weighted by atomic mass is 19.4. The molecule has 0 spiro atoms. The second kappa shape index (κ2) is 8.91. The molecule has 0 heterocycles. The van der Waals surface area contributed by atoms with Crippen LogP contribution in [0.2, 0.25) is 0 Å². The molecule has 0 unspecified atom stereocenters. The number of halogens is 3. The Labute approximate surface area is 143 Å². The number of benzene rings is 1. The quantitative estimate of drug-likeness (QED) is 0.662. The molecule has 1 amide bonds. The summed E-state index contributed by atoms with van der Waals surface area (Å²) in [5.41, 5.74) is -0.604. The number of carbonyl (C=O) groups excluding carboxylic acids is 1. The molecule has 0 radical (unpaired) electrons. The molecule has 0 saturated heterocycles. The number of nitrogens with zero attached hydrogens (tertiary/aromatic N) is 1. The van der Waals surface area contributed by atoms with Crippen molar-refractivity contribution >= 4 is 23.3 Å². The Balaban J connectivity index is 3.21. The van der Waals surface area contributed by atoms with Gasteiger partial charge in [-0.1, -0.05) is 12.2 Å². The number of carboxylic acid groups (broad SMARTS) is 1. The van der Waals surface area contributed by atoms with Gasteiger partial charge in [0.25, 0.3) is 0 Å². The number of alkyl halides is 3. The number of amides is 1. The topological polar surface area (TPSA) is 69.6 Å². The lowest BCUT2D eigenvalue weighted by atomic mass is 10.1. The summed E-state index contributed by atoms with van der Waals surface area (Å²) in [7, 11) is 0. The molecule has 2 N–H and O–H groups in total. The van der Waals surface area contributed by atoms with Gasteiger partial charge in [0.2, 0.25) is 5.91 Å². The predicted octanol–water partition coefficient (Wildman–Crippen LogP) is 3.69. The van der Waals surface area contributed by atoms with E-state index in [0.717, 1.165) is 12.1 Å². The molecule has 0 bridgehead atoms. The predicted molar refractivity (Wildman–Crippen MR) is 89.6 cm³/mol. The standard InChI is InChI=1S/C17H19F3N2O3/c1-3-9-22(10-4-2)14-6-5-12(17(18,19)20)11-13(14)21-15(23)7-8-16(24)25/h3-6,11H,1-2,7-10H2,(H,21,23)(H,24,25). The Kier molecular flexibility index (Phi) is 7.22.